The molecule has 3 aromatic rings. The van der Waals surface area contributed by atoms with E-state index in [0.717, 1.165) is 16.9 Å². The number of hydrogen-bond donors (Lipinski definition) is 2. The zero-order valence-corrected chi connectivity index (χ0v) is 19.0. The monoisotopic (exact) mass is 454 g/mol. The van der Waals surface area contributed by atoms with Crippen LogP contribution in [-0.4, -0.2) is 48.0 Å². The number of pyridine rings is 1. The van der Waals surface area contributed by atoms with Crippen LogP contribution in [0, 0.1) is 18.3 Å². The fourth-order valence-electron chi connectivity index (χ4n) is 3.69. The van der Waals surface area contributed by atoms with Crippen LogP contribution in [0.4, 0.5) is 22.0 Å². The lowest BCUT2D eigenvalue weighted by molar-refractivity contribution is 0.102. The molecular formula is C26H26N6O2. The number of carbonyl (C=O) groups excluding carboxylic acids is 2. The zero-order valence-electron chi connectivity index (χ0n) is 19.0. The van der Waals surface area contributed by atoms with Crippen LogP contribution in [0.15, 0.2) is 66.9 Å². The van der Waals surface area contributed by atoms with Gasteiger partial charge in [0, 0.05) is 37.4 Å². The van der Waals surface area contributed by atoms with Gasteiger partial charge in [0.25, 0.3) is 5.91 Å². The summed E-state index contributed by atoms with van der Waals surface area (Å²) in [4.78, 5) is 33.4. The summed E-state index contributed by atoms with van der Waals surface area (Å²) in [6.45, 7) is 4.46. The van der Waals surface area contributed by atoms with E-state index in [1.54, 1.807) is 23.2 Å². The standard InChI is InChI=1S/C26H26N6O2/c1-19-2-6-21(7-3-19)25(33)29-23-10-11-24(28-18-23)31-14-16-32(17-15-31)26(34)30-22-8-4-20(5-9-22)12-13-27/h2-11,18H,12,14-17H2,1H3,(H,29,33)(H,30,34). The Kier molecular flexibility index (Phi) is 7.04. The van der Waals surface area contributed by atoms with Crippen molar-refractivity contribution in [2.45, 2.75) is 13.3 Å². The minimum atomic E-state index is -0.172. The first-order chi connectivity index (χ1) is 16.5. The first-order valence-corrected chi connectivity index (χ1v) is 11.1. The Morgan fingerprint density at radius 3 is 2.21 bits per heavy atom. The molecule has 0 spiro atoms. The van der Waals surface area contributed by atoms with Crippen LogP contribution in [0.3, 0.4) is 0 Å². The summed E-state index contributed by atoms with van der Waals surface area (Å²) in [6.07, 6.45) is 2.00. The van der Waals surface area contributed by atoms with E-state index < -0.39 is 0 Å². The lowest BCUT2D eigenvalue weighted by atomic mass is 10.1. The Morgan fingerprint density at radius 2 is 1.59 bits per heavy atom. The summed E-state index contributed by atoms with van der Waals surface area (Å²) < 4.78 is 0. The highest BCUT2D eigenvalue weighted by molar-refractivity contribution is 6.04. The van der Waals surface area contributed by atoms with E-state index in [0.29, 0.717) is 49.5 Å². The molecule has 0 atom stereocenters. The molecule has 0 bridgehead atoms. The molecular weight excluding hydrogens is 428 g/mol. The molecule has 1 saturated heterocycles. The molecule has 2 aromatic carbocycles. The number of nitrogens with one attached hydrogen (secondary N) is 2. The van der Waals surface area contributed by atoms with E-state index >= 15 is 0 Å². The Labute approximate surface area is 198 Å². The van der Waals surface area contributed by atoms with Crippen molar-refractivity contribution in [2.75, 3.05) is 41.7 Å². The van der Waals surface area contributed by atoms with Gasteiger partial charge in [0.05, 0.1) is 24.4 Å². The van der Waals surface area contributed by atoms with Gasteiger partial charge in [-0.1, -0.05) is 29.8 Å². The minimum Gasteiger partial charge on any atom is -0.353 e. The molecule has 0 saturated carbocycles. The summed E-state index contributed by atoms with van der Waals surface area (Å²) in [5, 5.41) is 14.5. The second-order valence-corrected chi connectivity index (χ2v) is 8.16. The number of carbonyl (C=O) groups is 2. The topological polar surface area (TPSA) is 101 Å². The summed E-state index contributed by atoms with van der Waals surface area (Å²) in [5.74, 6) is 0.635. The van der Waals surface area contributed by atoms with Gasteiger partial charge in [-0.25, -0.2) is 9.78 Å². The number of nitriles is 1. The zero-order chi connectivity index (χ0) is 23.9. The van der Waals surface area contributed by atoms with Crippen LogP contribution in [-0.2, 0) is 6.42 Å². The van der Waals surface area contributed by atoms with Crippen LogP contribution >= 0.6 is 0 Å². The van der Waals surface area contributed by atoms with Crippen LogP contribution < -0.4 is 15.5 Å². The van der Waals surface area contributed by atoms with Gasteiger partial charge < -0.3 is 20.4 Å². The first kappa shape index (κ1) is 22.8. The average Bonchev–Trinajstić information content (AvgIpc) is 2.86. The number of hydrogen-bond acceptors (Lipinski definition) is 5. The number of anilines is 3. The number of nitrogens with zero attached hydrogens (tertiary/aromatic N) is 4. The summed E-state index contributed by atoms with van der Waals surface area (Å²) >= 11 is 0. The second kappa shape index (κ2) is 10.5. The molecule has 2 heterocycles. The van der Waals surface area contributed by atoms with Crippen molar-refractivity contribution in [3.05, 3.63) is 83.6 Å². The maximum atomic E-state index is 12.6. The van der Waals surface area contributed by atoms with E-state index in [4.69, 9.17) is 5.26 Å². The highest BCUT2D eigenvalue weighted by atomic mass is 16.2. The number of amides is 3. The third-order valence-electron chi connectivity index (χ3n) is 5.70. The van der Waals surface area contributed by atoms with Gasteiger partial charge in [0.1, 0.15) is 5.82 Å². The maximum Gasteiger partial charge on any atom is 0.321 e. The molecule has 3 amide bonds. The largest absolute Gasteiger partial charge is 0.353 e. The molecule has 1 fully saturated rings. The number of urea groups is 1. The highest BCUT2D eigenvalue weighted by Gasteiger charge is 2.22. The molecule has 1 aliphatic heterocycles. The molecule has 0 aliphatic carbocycles. The Hall–Kier alpha value is -4.38. The molecule has 8 heteroatoms. The van der Waals surface area contributed by atoms with Crippen LogP contribution in [0.5, 0.6) is 0 Å². The van der Waals surface area contributed by atoms with Crippen LogP contribution in [0.25, 0.3) is 0 Å². The summed E-state index contributed by atoms with van der Waals surface area (Å²) in [7, 11) is 0. The Bertz CT molecular complexity index is 1180. The number of rotatable bonds is 5. The van der Waals surface area contributed by atoms with E-state index in [1.807, 2.05) is 55.5 Å². The van der Waals surface area contributed by atoms with Gasteiger partial charge in [0.2, 0.25) is 0 Å². The fraction of sp³-hybridized carbons (Fsp3) is 0.231. The smallest absolute Gasteiger partial charge is 0.321 e. The molecule has 34 heavy (non-hydrogen) atoms. The van der Waals surface area contributed by atoms with E-state index in [2.05, 4.69) is 26.6 Å². The normalized spacial score (nSPS) is 13.2. The molecule has 1 aromatic heterocycles. The number of aromatic nitrogens is 1. The molecule has 0 unspecified atom stereocenters. The molecule has 0 radical (unpaired) electrons. The van der Waals surface area contributed by atoms with Crippen molar-refractivity contribution < 1.29 is 9.59 Å². The van der Waals surface area contributed by atoms with E-state index in [1.165, 1.54) is 0 Å². The van der Waals surface area contributed by atoms with Crippen molar-refractivity contribution >= 4 is 29.1 Å². The van der Waals surface area contributed by atoms with Crippen molar-refractivity contribution in [1.82, 2.24) is 9.88 Å². The molecule has 1 aliphatic rings. The lowest BCUT2D eigenvalue weighted by Gasteiger charge is -2.35. The predicted molar refractivity (Wildman–Crippen MR) is 132 cm³/mol. The Morgan fingerprint density at radius 1 is 0.912 bits per heavy atom. The van der Waals surface area contributed by atoms with Gasteiger partial charge in [-0.05, 0) is 48.9 Å². The van der Waals surface area contributed by atoms with E-state index in [-0.39, 0.29) is 11.9 Å². The van der Waals surface area contributed by atoms with Gasteiger partial charge in [0.15, 0.2) is 0 Å². The first-order valence-electron chi connectivity index (χ1n) is 11.1. The van der Waals surface area contributed by atoms with Crippen molar-refractivity contribution in [2.24, 2.45) is 0 Å². The number of piperazine rings is 1. The van der Waals surface area contributed by atoms with Gasteiger partial charge >= 0.3 is 6.03 Å². The molecule has 2 N–H and O–H groups in total. The highest BCUT2D eigenvalue weighted by Crippen LogP contribution is 2.18. The van der Waals surface area contributed by atoms with E-state index in [9.17, 15) is 9.59 Å². The summed E-state index contributed by atoms with van der Waals surface area (Å²) in [5.41, 5.74) is 3.96. The van der Waals surface area contributed by atoms with Crippen molar-refractivity contribution in [3.63, 3.8) is 0 Å². The average molecular weight is 455 g/mol. The summed E-state index contributed by atoms with van der Waals surface area (Å²) in [6, 6.07) is 20.4. The van der Waals surface area contributed by atoms with Gasteiger partial charge in [-0.3, -0.25) is 4.79 Å². The third-order valence-corrected chi connectivity index (χ3v) is 5.70. The number of benzene rings is 2. The van der Waals surface area contributed by atoms with Crippen molar-refractivity contribution in [1.29, 1.82) is 5.26 Å². The second-order valence-electron chi connectivity index (χ2n) is 8.16. The fourth-order valence-corrected chi connectivity index (χ4v) is 3.69. The molecule has 4 rings (SSSR count). The molecule has 172 valence electrons. The third kappa shape index (κ3) is 5.70. The van der Waals surface area contributed by atoms with Gasteiger partial charge in [-0.2, -0.15) is 5.26 Å². The van der Waals surface area contributed by atoms with Crippen LogP contribution in [0.1, 0.15) is 21.5 Å². The quantitative estimate of drug-likeness (QED) is 0.605. The number of aryl methyl sites for hydroxylation is 1. The maximum absolute atomic E-state index is 12.6. The lowest BCUT2D eigenvalue weighted by Crippen LogP contribution is -2.50. The van der Waals surface area contributed by atoms with Gasteiger partial charge in [-0.15, -0.1) is 0 Å². The Balaban J connectivity index is 1.27. The van der Waals surface area contributed by atoms with Crippen LogP contribution in [0.2, 0.25) is 0 Å². The SMILES string of the molecule is Cc1ccc(C(=O)Nc2ccc(N3CCN(C(=O)Nc4ccc(CC#N)cc4)CC3)nc2)cc1. The predicted octanol–water partition coefficient (Wildman–Crippen LogP) is 4.06. The minimum absolute atomic E-state index is 0.144. The van der Waals surface area contributed by atoms with Crippen molar-refractivity contribution in [3.8, 4) is 6.07 Å². The molecule has 8 nitrogen and oxygen atoms in total.